The third kappa shape index (κ3) is 3.87. The molecule has 1 saturated heterocycles. The number of carboxylic acids is 1. The minimum absolute atomic E-state index is 0.0268. The first kappa shape index (κ1) is 16.1. The summed E-state index contributed by atoms with van der Waals surface area (Å²) >= 11 is 12.0. The lowest BCUT2D eigenvalue weighted by molar-refractivity contribution is -0.158. The van der Waals surface area contributed by atoms with E-state index in [1.165, 1.54) is 4.90 Å². The van der Waals surface area contributed by atoms with E-state index in [2.05, 4.69) is 0 Å². The lowest BCUT2D eigenvalue weighted by Gasteiger charge is -2.33. The highest BCUT2D eigenvalue weighted by Crippen LogP contribution is 2.26. The number of ether oxygens (including phenoxy) is 1. The lowest BCUT2D eigenvalue weighted by Crippen LogP contribution is -2.52. The van der Waals surface area contributed by atoms with Crippen molar-refractivity contribution in [3.05, 3.63) is 33.8 Å². The third-order valence-corrected chi connectivity index (χ3v) is 4.23. The Balaban J connectivity index is 2.00. The molecule has 1 heterocycles. The lowest BCUT2D eigenvalue weighted by atomic mass is 10.1. The van der Waals surface area contributed by atoms with Gasteiger partial charge in [-0.05, 0) is 18.1 Å². The fourth-order valence-corrected chi connectivity index (χ4v) is 2.65. The van der Waals surface area contributed by atoms with Crippen LogP contribution >= 0.6 is 23.2 Å². The molecule has 21 heavy (non-hydrogen) atoms. The summed E-state index contributed by atoms with van der Waals surface area (Å²) in [6.07, 6.45) is 0.603. The molecule has 1 N–H and O–H groups in total. The minimum Gasteiger partial charge on any atom is -0.480 e. The Labute approximate surface area is 132 Å². The minimum atomic E-state index is -1.05. The van der Waals surface area contributed by atoms with Crippen molar-refractivity contribution in [3.63, 3.8) is 0 Å². The van der Waals surface area contributed by atoms with Gasteiger partial charge in [0.05, 0.1) is 23.3 Å². The molecule has 1 atom stereocenters. The zero-order valence-corrected chi connectivity index (χ0v) is 12.7. The average Bonchev–Trinajstić information content (AvgIpc) is 2.48. The number of halogens is 2. The summed E-state index contributed by atoms with van der Waals surface area (Å²) in [5.41, 5.74) is 0.776. The average molecular weight is 332 g/mol. The molecule has 1 fully saturated rings. The predicted octanol–water partition coefficient (Wildman–Crippen LogP) is 2.24. The Hall–Kier alpha value is -1.30. The molecule has 0 bridgehead atoms. The number of aliphatic carboxylic acids is 1. The number of amides is 1. The standard InChI is InChI=1S/C14H15Cl2NO4/c15-10-3-1-2-9(13(10)16)4-5-12(18)17-6-7-21-8-11(17)14(19)20/h1-3,11H,4-8H2,(H,19,20)/t11-/m0/s1. The molecule has 0 aromatic heterocycles. The number of rotatable bonds is 4. The zero-order chi connectivity index (χ0) is 15.4. The molecule has 0 saturated carbocycles. The van der Waals surface area contributed by atoms with Crippen molar-refractivity contribution in [1.29, 1.82) is 0 Å². The number of benzene rings is 1. The molecule has 0 unspecified atom stereocenters. The Morgan fingerprint density at radius 2 is 2.14 bits per heavy atom. The van der Waals surface area contributed by atoms with E-state index in [1.807, 2.05) is 0 Å². The summed E-state index contributed by atoms with van der Waals surface area (Å²) in [7, 11) is 0. The van der Waals surface area contributed by atoms with E-state index in [-0.39, 0.29) is 18.9 Å². The fraction of sp³-hybridized carbons (Fsp3) is 0.429. The molecular weight excluding hydrogens is 317 g/mol. The van der Waals surface area contributed by atoms with Gasteiger partial charge >= 0.3 is 5.97 Å². The van der Waals surface area contributed by atoms with E-state index in [9.17, 15) is 9.59 Å². The van der Waals surface area contributed by atoms with Crippen LogP contribution in [-0.4, -0.2) is 47.7 Å². The molecule has 1 aliphatic rings. The van der Waals surface area contributed by atoms with Gasteiger partial charge in [0, 0.05) is 13.0 Å². The highest BCUT2D eigenvalue weighted by Gasteiger charge is 2.32. The van der Waals surface area contributed by atoms with Crippen molar-refractivity contribution in [2.75, 3.05) is 19.8 Å². The van der Waals surface area contributed by atoms with Crippen LogP contribution in [-0.2, 0) is 20.7 Å². The molecule has 0 spiro atoms. The second-order valence-electron chi connectivity index (χ2n) is 4.73. The summed E-state index contributed by atoms with van der Waals surface area (Å²) in [6.45, 7) is 0.672. The van der Waals surface area contributed by atoms with Crippen molar-refractivity contribution < 1.29 is 19.4 Å². The number of hydrogen-bond donors (Lipinski definition) is 1. The van der Waals surface area contributed by atoms with E-state index in [0.29, 0.717) is 29.6 Å². The maximum absolute atomic E-state index is 12.2. The van der Waals surface area contributed by atoms with E-state index < -0.39 is 12.0 Å². The van der Waals surface area contributed by atoms with Crippen LogP contribution in [0.5, 0.6) is 0 Å². The molecule has 2 rings (SSSR count). The number of nitrogens with zero attached hydrogens (tertiary/aromatic N) is 1. The van der Waals surface area contributed by atoms with Crippen LogP contribution in [0.15, 0.2) is 18.2 Å². The van der Waals surface area contributed by atoms with Gasteiger partial charge in [-0.15, -0.1) is 0 Å². The van der Waals surface area contributed by atoms with Crippen LogP contribution in [0.4, 0.5) is 0 Å². The van der Waals surface area contributed by atoms with Crippen molar-refractivity contribution in [3.8, 4) is 0 Å². The van der Waals surface area contributed by atoms with Gasteiger partial charge in [-0.1, -0.05) is 35.3 Å². The molecular formula is C14H15Cl2NO4. The van der Waals surface area contributed by atoms with Gasteiger partial charge in [0.2, 0.25) is 5.91 Å². The smallest absolute Gasteiger partial charge is 0.328 e. The van der Waals surface area contributed by atoms with Gasteiger partial charge < -0.3 is 14.7 Å². The van der Waals surface area contributed by atoms with Gasteiger partial charge in [-0.25, -0.2) is 4.79 Å². The highest BCUT2D eigenvalue weighted by atomic mass is 35.5. The van der Waals surface area contributed by atoms with E-state index in [0.717, 1.165) is 5.56 Å². The van der Waals surface area contributed by atoms with Crippen molar-refractivity contribution in [2.24, 2.45) is 0 Å². The predicted molar refractivity (Wildman–Crippen MR) is 78.7 cm³/mol. The van der Waals surface area contributed by atoms with Crippen LogP contribution in [0.25, 0.3) is 0 Å². The summed E-state index contributed by atoms with van der Waals surface area (Å²) in [6, 6.07) is 4.33. The molecule has 7 heteroatoms. The SMILES string of the molecule is O=C(O)[C@@H]1COCCN1C(=O)CCc1cccc(Cl)c1Cl. The van der Waals surface area contributed by atoms with Crippen molar-refractivity contribution in [2.45, 2.75) is 18.9 Å². The van der Waals surface area contributed by atoms with Gasteiger partial charge in [0.15, 0.2) is 6.04 Å². The number of carbonyl (C=O) groups excluding carboxylic acids is 1. The Kier molecular flexibility index (Phi) is 5.45. The summed E-state index contributed by atoms with van der Waals surface area (Å²) < 4.78 is 5.11. The monoisotopic (exact) mass is 331 g/mol. The molecule has 1 aromatic rings. The van der Waals surface area contributed by atoms with Crippen LogP contribution in [0.1, 0.15) is 12.0 Å². The van der Waals surface area contributed by atoms with Crippen LogP contribution in [0.2, 0.25) is 10.0 Å². The number of hydrogen-bond acceptors (Lipinski definition) is 3. The zero-order valence-electron chi connectivity index (χ0n) is 11.2. The highest BCUT2D eigenvalue weighted by molar-refractivity contribution is 6.42. The van der Waals surface area contributed by atoms with Crippen molar-refractivity contribution in [1.82, 2.24) is 4.90 Å². The molecule has 0 aliphatic carbocycles. The number of carboxylic acid groups (broad SMARTS) is 1. The topological polar surface area (TPSA) is 66.8 Å². The number of morpholine rings is 1. The van der Waals surface area contributed by atoms with Gasteiger partial charge in [-0.2, -0.15) is 0 Å². The first-order valence-corrected chi connectivity index (χ1v) is 7.29. The number of carbonyl (C=O) groups is 2. The largest absolute Gasteiger partial charge is 0.480 e. The maximum atomic E-state index is 12.2. The fourth-order valence-electron chi connectivity index (χ4n) is 2.23. The maximum Gasteiger partial charge on any atom is 0.328 e. The molecule has 0 radical (unpaired) electrons. The normalized spacial score (nSPS) is 18.6. The van der Waals surface area contributed by atoms with Crippen molar-refractivity contribution >= 4 is 35.1 Å². The van der Waals surface area contributed by atoms with E-state index >= 15 is 0 Å². The first-order valence-electron chi connectivity index (χ1n) is 6.53. The second-order valence-corrected chi connectivity index (χ2v) is 5.51. The Bertz CT molecular complexity index is 550. The second kappa shape index (κ2) is 7.11. The van der Waals surface area contributed by atoms with Crippen LogP contribution in [0.3, 0.4) is 0 Å². The van der Waals surface area contributed by atoms with E-state index in [4.69, 9.17) is 33.0 Å². The molecule has 1 aromatic carbocycles. The number of aryl methyl sites for hydroxylation is 1. The molecule has 5 nitrogen and oxygen atoms in total. The Morgan fingerprint density at radius 3 is 2.86 bits per heavy atom. The van der Waals surface area contributed by atoms with Crippen LogP contribution < -0.4 is 0 Å². The molecule has 1 aliphatic heterocycles. The van der Waals surface area contributed by atoms with Gasteiger partial charge in [0.25, 0.3) is 0 Å². The van der Waals surface area contributed by atoms with Gasteiger partial charge in [-0.3, -0.25) is 4.79 Å². The van der Waals surface area contributed by atoms with Gasteiger partial charge in [0.1, 0.15) is 0 Å². The first-order chi connectivity index (χ1) is 10.0. The van der Waals surface area contributed by atoms with Crippen LogP contribution in [0, 0.1) is 0 Å². The summed E-state index contributed by atoms with van der Waals surface area (Å²) in [5.74, 6) is -1.27. The van der Waals surface area contributed by atoms with E-state index in [1.54, 1.807) is 18.2 Å². The molecule has 114 valence electrons. The quantitative estimate of drug-likeness (QED) is 0.918. The summed E-state index contributed by atoms with van der Waals surface area (Å²) in [4.78, 5) is 24.7. The summed E-state index contributed by atoms with van der Waals surface area (Å²) in [5, 5.41) is 9.99. The third-order valence-electron chi connectivity index (χ3n) is 3.37. The molecule has 1 amide bonds. The Morgan fingerprint density at radius 1 is 1.38 bits per heavy atom.